The quantitative estimate of drug-likeness (QED) is 0.327. The second-order valence-corrected chi connectivity index (χ2v) is 7.52. The highest BCUT2D eigenvalue weighted by Crippen LogP contribution is 2.17. The van der Waals surface area contributed by atoms with Gasteiger partial charge in [0.05, 0.1) is 17.2 Å². The SMILES string of the molecule is CCNC(=NCc1sc(C)nc1C)NCCN(C)Cc1ccc(F)cc1.I. The van der Waals surface area contributed by atoms with E-state index in [0.29, 0.717) is 6.54 Å². The minimum absolute atomic E-state index is 0. The molecule has 0 fully saturated rings. The molecule has 8 heteroatoms. The topological polar surface area (TPSA) is 52.6 Å². The molecule has 0 aliphatic heterocycles. The molecule has 2 N–H and O–H groups in total. The van der Waals surface area contributed by atoms with Crippen molar-refractivity contribution in [3.63, 3.8) is 0 Å². The van der Waals surface area contributed by atoms with E-state index in [9.17, 15) is 4.39 Å². The Kier molecular flexibility index (Phi) is 10.8. The van der Waals surface area contributed by atoms with Crippen LogP contribution in [0.15, 0.2) is 29.3 Å². The lowest BCUT2D eigenvalue weighted by Crippen LogP contribution is -2.40. The fourth-order valence-electron chi connectivity index (χ4n) is 2.56. The molecule has 1 aromatic carbocycles. The summed E-state index contributed by atoms with van der Waals surface area (Å²) in [6.45, 7) is 9.99. The standard InChI is InChI=1S/C19H28FN5S.HI/c1-5-21-19(23-12-18-14(2)24-15(3)26-18)22-10-11-25(4)13-16-6-8-17(20)9-7-16;/h6-9H,5,10-13H2,1-4H3,(H2,21,22,23);1H. The van der Waals surface area contributed by atoms with Crippen molar-refractivity contribution < 1.29 is 4.39 Å². The van der Waals surface area contributed by atoms with Crippen LogP contribution in [0.1, 0.15) is 28.1 Å². The first-order valence-electron chi connectivity index (χ1n) is 8.86. The van der Waals surface area contributed by atoms with Crippen molar-refractivity contribution in [2.75, 3.05) is 26.7 Å². The van der Waals surface area contributed by atoms with Gasteiger partial charge in [0.25, 0.3) is 0 Å². The van der Waals surface area contributed by atoms with Crippen LogP contribution in [-0.2, 0) is 13.1 Å². The highest BCUT2D eigenvalue weighted by molar-refractivity contribution is 14.0. The Bertz CT molecular complexity index is 717. The highest BCUT2D eigenvalue weighted by Gasteiger charge is 2.05. The first kappa shape index (κ1) is 23.8. The monoisotopic (exact) mass is 505 g/mol. The third-order valence-electron chi connectivity index (χ3n) is 3.88. The number of likely N-dealkylation sites (N-methyl/N-ethyl adjacent to an activating group) is 1. The molecule has 0 aliphatic rings. The van der Waals surface area contributed by atoms with Gasteiger partial charge < -0.3 is 15.5 Å². The Balaban J connectivity index is 0.00000364. The van der Waals surface area contributed by atoms with Crippen molar-refractivity contribution in [3.8, 4) is 0 Å². The van der Waals surface area contributed by atoms with E-state index in [2.05, 4.69) is 39.5 Å². The van der Waals surface area contributed by atoms with Crippen LogP contribution in [0.25, 0.3) is 0 Å². The Labute approximate surface area is 182 Å². The number of hydrogen-bond donors (Lipinski definition) is 2. The van der Waals surface area contributed by atoms with Gasteiger partial charge in [-0.15, -0.1) is 35.3 Å². The van der Waals surface area contributed by atoms with Crippen LogP contribution in [0.4, 0.5) is 4.39 Å². The van der Waals surface area contributed by atoms with Crippen molar-refractivity contribution >= 4 is 41.3 Å². The van der Waals surface area contributed by atoms with Crippen molar-refractivity contribution in [1.82, 2.24) is 20.5 Å². The summed E-state index contributed by atoms with van der Waals surface area (Å²) in [7, 11) is 2.05. The smallest absolute Gasteiger partial charge is 0.191 e. The zero-order valence-electron chi connectivity index (χ0n) is 16.4. The molecular formula is C19H29FIN5S. The number of aromatic nitrogens is 1. The lowest BCUT2D eigenvalue weighted by Gasteiger charge is -2.18. The molecule has 5 nitrogen and oxygen atoms in total. The number of rotatable bonds is 8. The van der Waals surface area contributed by atoms with Crippen molar-refractivity contribution in [2.24, 2.45) is 4.99 Å². The molecule has 0 radical (unpaired) electrons. The molecule has 1 heterocycles. The fraction of sp³-hybridized carbons (Fsp3) is 0.474. The number of thiazole rings is 1. The second-order valence-electron chi connectivity index (χ2n) is 6.23. The molecule has 0 amide bonds. The van der Waals surface area contributed by atoms with Crippen LogP contribution in [0.2, 0.25) is 0 Å². The third kappa shape index (κ3) is 8.52. The van der Waals surface area contributed by atoms with Crippen molar-refractivity contribution in [1.29, 1.82) is 0 Å². The van der Waals surface area contributed by atoms with Gasteiger partial charge in [0.1, 0.15) is 5.82 Å². The maximum absolute atomic E-state index is 13.0. The molecule has 27 heavy (non-hydrogen) atoms. The predicted molar refractivity (Wildman–Crippen MR) is 123 cm³/mol. The lowest BCUT2D eigenvalue weighted by atomic mass is 10.2. The average molecular weight is 505 g/mol. The molecule has 0 bridgehead atoms. The summed E-state index contributed by atoms with van der Waals surface area (Å²) in [6.07, 6.45) is 0. The van der Waals surface area contributed by atoms with Gasteiger partial charge in [-0.25, -0.2) is 14.4 Å². The number of nitrogens with one attached hydrogen (secondary N) is 2. The lowest BCUT2D eigenvalue weighted by molar-refractivity contribution is 0.331. The minimum atomic E-state index is -0.198. The first-order valence-corrected chi connectivity index (χ1v) is 9.67. The number of aliphatic imine (C=N–C) groups is 1. The number of hydrogen-bond acceptors (Lipinski definition) is 4. The third-order valence-corrected chi connectivity index (χ3v) is 4.93. The van der Waals surface area contributed by atoms with Gasteiger partial charge in [0.2, 0.25) is 0 Å². The van der Waals surface area contributed by atoms with Gasteiger partial charge in [-0.2, -0.15) is 0 Å². The van der Waals surface area contributed by atoms with Gasteiger partial charge in [-0.3, -0.25) is 0 Å². The van der Waals surface area contributed by atoms with E-state index in [0.717, 1.165) is 48.4 Å². The zero-order chi connectivity index (χ0) is 18.9. The number of aryl methyl sites for hydroxylation is 2. The first-order chi connectivity index (χ1) is 12.5. The summed E-state index contributed by atoms with van der Waals surface area (Å²) in [5.41, 5.74) is 2.16. The van der Waals surface area contributed by atoms with Crippen LogP contribution in [0.5, 0.6) is 0 Å². The summed E-state index contributed by atoms with van der Waals surface area (Å²) < 4.78 is 13.0. The van der Waals surface area contributed by atoms with E-state index in [-0.39, 0.29) is 29.8 Å². The highest BCUT2D eigenvalue weighted by atomic mass is 127. The number of nitrogens with zero attached hydrogens (tertiary/aromatic N) is 3. The molecular weight excluding hydrogens is 476 g/mol. The van der Waals surface area contributed by atoms with E-state index >= 15 is 0 Å². The van der Waals surface area contributed by atoms with Gasteiger partial charge in [0.15, 0.2) is 5.96 Å². The van der Waals surface area contributed by atoms with Crippen LogP contribution in [-0.4, -0.2) is 42.5 Å². The molecule has 1 aromatic heterocycles. The van der Waals surface area contributed by atoms with Crippen LogP contribution < -0.4 is 10.6 Å². The van der Waals surface area contributed by atoms with E-state index < -0.39 is 0 Å². The Hall–Kier alpha value is -1.26. The van der Waals surface area contributed by atoms with Crippen molar-refractivity contribution in [2.45, 2.75) is 33.9 Å². The maximum Gasteiger partial charge on any atom is 0.191 e. The van der Waals surface area contributed by atoms with E-state index in [1.807, 2.05) is 26.0 Å². The molecule has 0 saturated carbocycles. The normalized spacial score (nSPS) is 11.4. The van der Waals surface area contributed by atoms with Crippen molar-refractivity contribution in [3.05, 3.63) is 51.2 Å². The summed E-state index contributed by atoms with van der Waals surface area (Å²) in [5, 5.41) is 7.71. The largest absolute Gasteiger partial charge is 0.357 e. The summed E-state index contributed by atoms with van der Waals surface area (Å²) in [6, 6.07) is 6.65. The van der Waals surface area contributed by atoms with Crippen LogP contribution >= 0.6 is 35.3 Å². The molecule has 0 atom stereocenters. The van der Waals surface area contributed by atoms with Gasteiger partial charge in [0, 0.05) is 31.1 Å². The van der Waals surface area contributed by atoms with Crippen LogP contribution in [0.3, 0.4) is 0 Å². The van der Waals surface area contributed by atoms with E-state index in [1.54, 1.807) is 11.3 Å². The summed E-state index contributed by atoms with van der Waals surface area (Å²) in [4.78, 5) is 12.5. The Morgan fingerprint density at radius 1 is 1.22 bits per heavy atom. The Morgan fingerprint density at radius 2 is 1.93 bits per heavy atom. The fourth-order valence-corrected chi connectivity index (χ4v) is 3.42. The van der Waals surface area contributed by atoms with Gasteiger partial charge in [-0.1, -0.05) is 12.1 Å². The molecule has 0 saturated heterocycles. The molecule has 0 aliphatic carbocycles. The number of guanidine groups is 1. The number of benzene rings is 1. The predicted octanol–water partition coefficient (Wildman–Crippen LogP) is 3.70. The van der Waals surface area contributed by atoms with Gasteiger partial charge in [-0.05, 0) is 45.5 Å². The molecule has 2 rings (SSSR count). The molecule has 150 valence electrons. The van der Waals surface area contributed by atoms with Crippen LogP contribution in [0, 0.1) is 19.7 Å². The molecule has 2 aromatic rings. The summed E-state index contributed by atoms with van der Waals surface area (Å²) in [5.74, 6) is 0.615. The minimum Gasteiger partial charge on any atom is -0.357 e. The van der Waals surface area contributed by atoms with E-state index in [4.69, 9.17) is 0 Å². The summed E-state index contributed by atoms with van der Waals surface area (Å²) >= 11 is 1.70. The molecule has 0 unspecified atom stereocenters. The number of halogens is 2. The molecule has 0 spiro atoms. The van der Waals surface area contributed by atoms with Gasteiger partial charge >= 0.3 is 0 Å². The zero-order valence-corrected chi connectivity index (χ0v) is 19.5. The second kappa shape index (κ2) is 12.2. The van der Waals surface area contributed by atoms with E-state index in [1.165, 1.54) is 17.0 Å². The Morgan fingerprint density at radius 3 is 2.52 bits per heavy atom. The average Bonchev–Trinajstić information content (AvgIpc) is 2.92. The maximum atomic E-state index is 13.0.